The van der Waals surface area contributed by atoms with Crippen LogP contribution in [0.15, 0.2) is 78.4 Å². The van der Waals surface area contributed by atoms with E-state index in [1.807, 2.05) is 37.3 Å². The van der Waals surface area contributed by atoms with Crippen LogP contribution in [0.2, 0.25) is 0 Å². The molecule has 0 aliphatic carbocycles. The molecule has 6 heteroatoms. The minimum absolute atomic E-state index is 0.0253. The number of hydrogen-bond donors (Lipinski definition) is 1. The first-order valence-corrected chi connectivity index (χ1v) is 9.84. The molecule has 3 aromatic carbocycles. The van der Waals surface area contributed by atoms with Gasteiger partial charge in [0.05, 0.1) is 12.8 Å². The van der Waals surface area contributed by atoms with E-state index in [0.29, 0.717) is 29.4 Å². The highest BCUT2D eigenvalue weighted by Crippen LogP contribution is 2.34. The maximum absolute atomic E-state index is 12.9. The summed E-state index contributed by atoms with van der Waals surface area (Å²) in [6, 6.07) is 22.3. The molecule has 0 bridgehead atoms. The fraction of sp³-hybridized carbons (Fsp3) is 0.120. The van der Waals surface area contributed by atoms with Gasteiger partial charge in [-0.25, -0.2) is 5.01 Å². The molecular weight excluding hydrogens is 392 g/mol. The van der Waals surface area contributed by atoms with Crippen molar-refractivity contribution in [3.63, 3.8) is 0 Å². The molecule has 2 amide bonds. The maximum Gasteiger partial charge on any atom is 0.282 e. The van der Waals surface area contributed by atoms with Crippen LogP contribution in [-0.2, 0) is 16.2 Å². The first-order valence-electron chi connectivity index (χ1n) is 9.84. The van der Waals surface area contributed by atoms with Gasteiger partial charge >= 0.3 is 0 Å². The average Bonchev–Trinajstić information content (AvgIpc) is 3.08. The van der Waals surface area contributed by atoms with E-state index < -0.39 is 11.8 Å². The number of rotatable bonds is 6. The number of methoxy groups -OCH3 is 1. The molecule has 1 N–H and O–H groups in total. The summed E-state index contributed by atoms with van der Waals surface area (Å²) in [5.41, 5.74) is 5.97. The summed E-state index contributed by atoms with van der Waals surface area (Å²) in [4.78, 5) is 25.4. The van der Waals surface area contributed by atoms with Gasteiger partial charge in [-0.1, -0.05) is 60.2 Å². The number of benzene rings is 3. The van der Waals surface area contributed by atoms with Crippen molar-refractivity contribution in [1.82, 2.24) is 5.43 Å². The van der Waals surface area contributed by atoms with Gasteiger partial charge in [0.2, 0.25) is 0 Å². The van der Waals surface area contributed by atoms with Gasteiger partial charge in [-0.05, 0) is 36.8 Å². The molecule has 31 heavy (non-hydrogen) atoms. The number of hydrazine groups is 1. The predicted molar refractivity (Wildman–Crippen MR) is 119 cm³/mol. The second-order valence-corrected chi connectivity index (χ2v) is 7.13. The van der Waals surface area contributed by atoms with E-state index in [1.165, 1.54) is 16.6 Å². The molecule has 156 valence electrons. The van der Waals surface area contributed by atoms with Crippen LogP contribution in [0.3, 0.4) is 0 Å². The Kier molecular flexibility index (Phi) is 5.71. The zero-order valence-electron chi connectivity index (χ0n) is 17.3. The Morgan fingerprint density at radius 3 is 2.39 bits per heavy atom. The number of nitrogens with zero attached hydrogens (tertiary/aromatic N) is 1. The van der Waals surface area contributed by atoms with Gasteiger partial charge in [0.25, 0.3) is 11.8 Å². The van der Waals surface area contributed by atoms with Crippen molar-refractivity contribution in [3.8, 4) is 11.5 Å². The first kappa shape index (κ1) is 20.2. The monoisotopic (exact) mass is 414 g/mol. The molecule has 0 aromatic heterocycles. The molecule has 0 atom stereocenters. The summed E-state index contributed by atoms with van der Waals surface area (Å²) in [7, 11) is 1.55. The van der Waals surface area contributed by atoms with E-state index in [9.17, 15) is 9.59 Å². The number of carbonyl (C=O) groups is 2. The van der Waals surface area contributed by atoms with Gasteiger partial charge in [0.1, 0.15) is 12.2 Å². The summed E-state index contributed by atoms with van der Waals surface area (Å²) in [5.74, 6) is 0.0914. The number of carbonyl (C=O) groups excluding carboxylic acids is 2. The Morgan fingerprint density at radius 1 is 0.935 bits per heavy atom. The van der Waals surface area contributed by atoms with Crippen LogP contribution in [0.25, 0.3) is 6.08 Å². The van der Waals surface area contributed by atoms with E-state index in [4.69, 9.17) is 9.47 Å². The van der Waals surface area contributed by atoms with Gasteiger partial charge in [-0.15, -0.1) is 0 Å². The van der Waals surface area contributed by atoms with Crippen LogP contribution in [0.5, 0.6) is 11.5 Å². The van der Waals surface area contributed by atoms with E-state index in [1.54, 1.807) is 49.6 Å². The fourth-order valence-electron chi connectivity index (χ4n) is 3.27. The lowest BCUT2D eigenvalue weighted by atomic mass is 10.1. The third-order valence-electron chi connectivity index (χ3n) is 4.94. The Labute approximate surface area is 180 Å². The summed E-state index contributed by atoms with van der Waals surface area (Å²) >= 11 is 0. The first-order chi connectivity index (χ1) is 15.1. The van der Waals surface area contributed by atoms with Crippen molar-refractivity contribution in [2.75, 3.05) is 12.1 Å². The van der Waals surface area contributed by atoms with Gasteiger partial charge in [-0.2, -0.15) is 0 Å². The quantitative estimate of drug-likeness (QED) is 0.488. The zero-order valence-corrected chi connectivity index (χ0v) is 17.3. The molecule has 6 nitrogen and oxygen atoms in total. The molecule has 0 spiro atoms. The van der Waals surface area contributed by atoms with Crippen LogP contribution < -0.4 is 19.9 Å². The van der Waals surface area contributed by atoms with Gasteiger partial charge in [0.15, 0.2) is 11.5 Å². The molecule has 1 heterocycles. The molecule has 4 rings (SSSR count). The van der Waals surface area contributed by atoms with Crippen molar-refractivity contribution in [2.45, 2.75) is 13.5 Å². The normalized spacial score (nSPS) is 14.6. The Balaban J connectivity index is 1.64. The second kappa shape index (κ2) is 8.75. The van der Waals surface area contributed by atoms with E-state index in [0.717, 1.165) is 5.56 Å². The third-order valence-corrected chi connectivity index (χ3v) is 4.94. The number of hydrogen-bond acceptors (Lipinski definition) is 4. The van der Waals surface area contributed by atoms with Crippen LogP contribution in [0.4, 0.5) is 5.69 Å². The standard InChI is InChI=1S/C25H22N2O4/c1-17-11-13-18(14-12-17)16-31-23-19(7-6-10-22(23)30-2)15-21-24(28)26-27(25(21)29)20-8-4-3-5-9-20/h3-15H,16H2,1-2H3,(H,26,28)/b21-15+. The molecule has 0 saturated carbocycles. The lowest BCUT2D eigenvalue weighted by Gasteiger charge is -2.14. The minimum Gasteiger partial charge on any atom is -0.493 e. The highest BCUT2D eigenvalue weighted by molar-refractivity contribution is 6.31. The van der Waals surface area contributed by atoms with Gasteiger partial charge < -0.3 is 9.47 Å². The summed E-state index contributed by atoms with van der Waals surface area (Å²) in [6.07, 6.45) is 1.54. The molecule has 1 aliphatic rings. The molecule has 0 radical (unpaired) electrons. The molecular formula is C25H22N2O4. The summed E-state index contributed by atoms with van der Waals surface area (Å²) in [6.45, 7) is 2.35. The number of aryl methyl sites for hydroxylation is 1. The number of amides is 2. The lowest BCUT2D eigenvalue weighted by Crippen LogP contribution is -2.35. The Morgan fingerprint density at radius 2 is 1.68 bits per heavy atom. The number of nitrogens with one attached hydrogen (secondary N) is 1. The SMILES string of the molecule is COc1cccc(/C=C2\C(=O)NN(c3ccccc3)C2=O)c1OCc1ccc(C)cc1. The summed E-state index contributed by atoms with van der Waals surface area (Å²) in [5, 5.41) is 1.24. The summed E-state index contributed by atoms with van der Waals surface area (Å²) < 4.78 is 11.5. The highest BCUT2D eigenvalue weighted by Gasteiger charge is 2.34. The third kappa shape index (κ3) is 4.28. The predicted octanol–water partition coefficient (Wildman–Crippen LogP) is 4.04. The van der Waals surface area contributed by atoms with Crippen molar-refractivity contribution >= 4 is 23.6 Å². The second-order valence-electron chi connectivity index (χ2n) is 7.13. The topological polar surface area (TPSA) is 67.9 Å². The van der Waals surface area contributed by atoms with E-state index in [2.05, 4.69) is 5.43 Å². The molecule has 1 saturated heterocycles. The highest BCUT2D eigenvalue weighted by atomic mass is 16.5. The van der Waals surface area contributed by atoms with Crippen molar-refractivity contribution < 1.29 is 19.1 Å². The van der Waals surface area contributed by atoms with Crippen molar-refractivity contribution in [3.05, 3.63) is 95.1 Å². The zero-order chi connectivity index (χ0) is 21.8. The van der Waals surface area contributed by atoms with Crippen molar-refractivity contribution in [2.24, 2.45) is 0 Å². The number of para-hydroxylation sites is 2. The van der Waals surface area contributed by atoms with Crippen LogP contribution in [0, 0.1) is 6.92 Å². The van der Waals surface area contributed by atoms with Gasteiger partial charge in [-0.3, -0.25) is 15.0 Å². The van der Waals surface area contributed by atoms with Crippen LogP contribution >= 0.6 is 0 Å². The van der Waals surface area contributed by atoms with Crippen LogP contribution in [-0.4, -0.2) is 18.9 Å². The molecule has 3 aromatic rings. The number of anilines is 1. The smallest absolute Gasteiger partial charge is 0.282 e. The van der Waals surface area contributed by atoms with Gasteiger partial charge in [0, 0.05) is 5.56 Å². The largest absolute Gasteiger partial charge is 0.493 e. The van der Waals surface area contributed by atoms with E-state index >= 15 is 0 Å². The minimum atomic E-state index is -0.471. The molecule has 1 fully saturated rings. The Hall–Kier alpha value is -4.06. The van der Waals surface area contributed by atoms with Crippen LogP contribution in [0.1, 0.15) is 16.7 Å². The molecule has 0 unspecified atom stereocenters. The fourth-order valence-corrected chi connectivity index (χ4v) is 3.27. The maximum atomic E-state index is 12.9. The van der Waals surface area contributed by atoms with Crippen molar-refractivity contribution in [1.29, 1.82) is 0 Å². The van der Waals surface area contributed by atoms with E-state index in [-0.39, 0.29) is 5.57 Å². The number of ether oxygens (including phenoxy) is 2. The Bertz CT molecular complexity index is 1140. The molecule has 1 aliphatic heterocycles. The lowest BCUT2D eigenvalue weighted by molar-refractivity contribution is -0.117. The average molecular weight is 414 g/mol.